The zero-order valence-corrected chi connectivity index (χ0v) is 47.4. The Balaban J connectivity index is 0.000000179. The Morgan fingerprint density at radius 1 is 0.373 bits per heavy atom. The minimum absolute atomic E-state index is 0.264. The fourth-order valence-corrected chi connectivity index (χ4v) is 10.6. The Bertz CT molecular complexity index is 3720. The van der Waals surface area contributed by atoms with Crippen LogP contribution in [0.2, 0.25) is 0 Å². The summed E-state index contributed by atoms with van der Waals surface area (Å²) in [5, 5.41) is 0. The molecule has 0 amide bonds. The predicted molar refractivity (Wildman–Crippen MR) is 320 cm³/mol. The number of hydrogen-bond acceptors (Lipinski definition) is 0. The second-order valence-electron chi connectivity index (χ2n) is 20.5. The molecule has 75 heavy (non-hydrogen) atoms. The Labute approximate surface area is 462 Å². The second-order valence-corrected chi connectivity index (χ2v) is 20.5. The summed E-state index contributed by atoms with van der Waals surface area (Å²) < 4.78 is 63.3. The Morgan fingerprint density at radius 2 is 0.720 bits per heavy atom. The van der Waals surface area contributed by atoms with E-state index >= 15 is 0 Å². The summed E-state index contributed by atoms with van der Waals surface area (Å²) in [6, 6.07) is 49.9. The highest BCUT2D eigenvalue weighted by atomic mass is 14.9. The summed E-state index contributed by atoms with van der Waals surface area (Å²) >= 11 is 0. The molecule has 3 nitrogen and oxygen atoms in total. The van der Waals surface area contributed by atoms with Crippen molar-refractivity contribution in [3.63, 3.8) is 0 Å². The van der Waals surface area contributed by atoms with Gasteiger partial charge in [-0.1, -0.05) is 151 Å². The zero-order chi connectivity index (χ0) is 60.2. The zero-order valence-electron chi connectivity index (χ0n) is 54.4. The van der Waals surface area contributed by atoms with E-state index in [2.05, 4.69) is 195 Å². The van der Waals surface area contributed by atoms with Crippen LogP contribution in [-0.4, -0.2) is 0 Å². The lowest BCUT2D eigenvalue weighted by Crippen LogP contribution is -2.32. The van der Waals surface area contributed by atoms with Crippen molar-refractivity contribution < 1.29 is 23.3 Å². The van der Waals surface area contributed by atoms with Gasteiger partial charge in [-0.05, 0) is 182 Å². The Hall–Kier alpha value is -7.23. The topological polar surface area (TPSA) is 11.6 Å². The highest BCUT2D eigenvalue weighted by Crippen LogP contribution is 2.35. The van der Waals surface area contributed by atoms with E-state index in [1.54, 1.807) is 29.9 Å². The molecule has 0 saturated carbocycles. The molecule has 384 valence electrons. The first kappa shape index (κ1) is 46.3. The van der Waals surface area contributed by atoms with Crippen LogP contribution in [0.4, 0.5) is 0 Å². The lowest BCUT2D eigenvalue weighted by atomic mass is 9.92. The van der Waals surface area contributed by atoms with E-state index in [0.29, 0.717) is 17.2 Å². The molecule has 6 aromatic carbocycles. The molecule has 0 atom stereocenters. The Kier molecular flexibility index (Phi) is 15.4. The summed E-state index contributed by atoms with van der Waals surface area (Å²) in [5.74, 6) is 0.541. The summed E-state index contributed by atoms with van der Waals surface area (Å²) in [6.45, 7) is 22.4. The maximum absolute atomic E-state index is 8.29. The van der Waals surface area contributed by atoms with Crippen molar-refractivity contribution in [1.29, 1.82) is 0 Å². The number of aryl methyl sites for hydroxylation is 14. The van der Waals surface area contributed by atoms with Crippen LogP contribution in [0.3, 0.4) is 0 Å². The van der Waals surface area contributed by atoms with Gasteiger partial charge in [0.15, 0.2) is 18.6 Å². The number of hydrogen-bond donors (Lipinski definition) is 0. The average molecular weight is 999 g/mol. The molecule has 3 heterocycles. The van der Waals surface area contributed by atoms with E-state index in [4.69, 9.17) is 9.60 Å². The molecule has 0 saturated heterocycles. The summed E-state index contributed by atoms with van der Waals surface area (Å²) in [5.41, 5.74) is 25.8. The first-order valence-electron chi connectivity index (χ1n) is 30.1. The number of nitrogens with zero attached hydrogens (tertiary/aromatic N) is 3. The van der Waals surface area contributed by atoms with Crippen LogP contribution < -0.4 is 13.7 Å². The number of pyridine rings is 3. The molecule has 0 aliphatic heterocycles. The number of aromatic nitrogens is 3. The third-order valence-electron chi connectivity index (χ3n) is 14.8. The van der Waals surface area contributed by atoms with Crippen LogP contribution in [0.1, 0.15) is 124 Å². The van der Waals surface area contributed by atoms with Crippen molar-refractivity contribution >= 4 is 0 Å². The molecule has 0 fully saturated rings. The highest BCUT2D eigenvalue weighted by Gasteiger charge is 2.22. The standard InChI is InChI=1S/3C24H28N/c1-16(2)23-15-25(6)24(13-19(23)5)22-14-21(17(3)12-18(22)4)20-10-8-7-9-11-20;2*1-6-19-14-24(25(5)16-20(19)7-2)23-15-22(17(3)13-18(23)4)21-11-9-8-10-12-21/h7-16H,1-6H3;2*8-16H,6-7H2,1-5H3/q3*+1/i;3D3,6D2,7D2;. The van der Waals surface area contributed by atoms with Crippen molar-refractivity contribution in [2.45, 2.75) is 121 Å². The number of benzene rings is 6. The fourth-order valence-electron chi connectivity index (χ4n) is 10.6. The van der Waals surface area contributed by atoms with E-state index in [1.165, 1.54) is 103 Å². The molecule has 9 rings (SSSR count). The van der Waals surface area contributed by atoms with Crippen molar-refractivity contribution in [2.75, 3.05) is 0 Å². The van der Waals surface area contributed by atoms with Crippen LogP contribution in [0.25, 0.3) is 67.2 Å². The molecular formula is C72H84N3+3. The third-order valence-corrected chi connectivity index (χ3v) is 14.8. The van der Waals surface area contributed by atoms with Crippen LogP contribution in [-0.2, 0) is 46.7 Å². The van der Waals surface area contributed by atoms with Crippen molar-refractivity contribution in [3.8, 4) is 67.2 Å². The van der Waals surface area contributed by atoms with E-state index in [9.17, 15) is 0 Å². The molecule has 3 aromatic heterocycles. The molecule has 0 spiro atoms. The fraction of sp³-hybridized carbons (Fsp3) is 0.292. The van der Waals surface area contributed by atoms with Gasteiger partial charge in [-0.25, -0.2) is 13.7 Å². The summed E-state index contributed by atoms with van der Waals surface area (Å²) in [7, 11) is 6.11. The SMILES string of the molecule is CCc1cc(-c2cc(-c3ccccc3)c(C)cc2C)[n+](C)cc1CC.Cc1cc(C)c(-c2cc(C)c(C(C)C)c[n+]2C)cc1-c1ccccc1.[2H]C([2H])([2H])c1cc(C)c(-c2cc(C([2H])([2H])C)c(C([2H])([2H])C)c[n+]2C)cc1-c1ccccc1. The molecule has 0 aliphatic rings. The van der Waals surface area contributed by atoms with Crippen LogP contribution >= 0.6 is 0 Å². The number of rotatable bonds is 11. The van der Waals surface area contributed by atoms with Gasteiger partial charge in [0.25, 0.3) is 0 Å². The van der Waals surface area contributed by atoms with E-state index < -0.39 is 19.6 Å². The van der Waals surface area contributed by atoms with Gasteiger partial charge >= 0.3 is 0 Å². The molecule has 0 aliphatic carbocycles. The highest BCUT2D eigenvalue weighted by molar-refractivity contribution is 5.78. The first-order valence-corrected chi connectivity index (χ1v) is 26.6. The van der Waals surface area contributed by atoms with Gasteiger partial charge in [-0.2, -0.15) is 0 Å². The molecular weight excluding hydrogens is 907 g/mol. The maximum Gasteiger partial charge on any atom is 0.212 e. The van der Waals surface area contributed by atoms with Crippen LogP contribution in [0.15, 0.2) is 164 Å². The normalized spacial score (nSPS) is 12.9. The molecule has 0 N–H and O–H groups in total. The lowest BCUT2D eigenvalue weighted by Gasteiger charge is -2.14. The van der Waals surface area contributed by atoms with Crippen molar-refractivity contribution in [3.05, 3.63) is 231 Å². The molecule has 0 unspecified atom stereocenters. The maximum atomic E-state index is 8.29. The van der Waals surface area contributed by atoms with Gasteiger partial charge in [0.2, 0.25) is 17.1 Å². The molecule has 3 heteroatoms. The first-order chi connectivity index (χ1) is 38.5. The predicted octanol–water partition coefficient (Wildman–Crippen LogP) is 17.1. The van der Waals surface area contributed by atoms with Gasteiger partial charge in [-0.3, -0.25) is 0 Å². The Morgan fingerprint density at radius 3 is 1.11 bits per heavy atom. The third kappa shape index (κ3) is 12.7. The van der Waals surface area contributed by atoms with Gasteiger partial charge in [0.1, 0.15) is 21.1 Å². The van der Waals surface area contributed by atoms with E-state index in [0.717, 1.165) is 29.5 Å². The summed E-state index contributed by atoms with van der Waals surface area (Å²) in [4.78, 5) is 0. The van der Waals surface area contributed by atoms with Crippen molar-refractivity contribution in [2.24, 2.45) is 21.1 Å². The smallest absolute Gasteiger partial charge is 0.201 e. The van der Waals surface area contributed by atoms with Gasteiger partial charge in [0.05, 0.1) is 0 Å². The average Bonchev–Trinajstić information content (AvgIpc) is 2.83. The second kappa shape index (κ2) is 24.9. The quantitative estimate of drug-likeness (QED) is 0.114. The molecule has 9 aromatic rings. The van der Waals surface area contributed by atoms with E-state index in [1.807, 2.05) is 43.3 Å². The molecule has 0 bridgehead atoms. The van der Waals surface area contributed by atoms with E-state index in [-0.39, 0.29) is 16.7 Å². The van der Waals surface area contributed by atoms with Crippen LogP contribution in [0, 0.1) is 48.4 Å². The monoisotopic (exact) mass is 998 g/mol. The lowest BCUT2D eigenvalue weighted by molar-refractivity contribution is -0.661. The van der Waals surface area contributed by atoms with Gasteiger partial charge in [0, 0.05) is 61.2 Å². The minimum Gasteiger partial charge on any atom is -0.201 e. The summed E-state index contributed by atoms with van der Waals surface area (Å²) in [6.07, 6.45) is 4.91. The largest absolute Gasteiger partial charge is 0.212 e. The van der Waals surface area contributed by atoms with Gasteiger partial charge < -0.3 is 0 Å². The van der Waals surface area contributed by atoms with Crippen LogP contribution in [0.5, 0.6) is 0 Å². The minimum atomic E-state index is -2.29. The van der Waals surface area contributed by atoms with Gasteiger partial charge in [-0.15, -0.1) is 0 Å². The molecule has 0 radical (unpaired) electrons. The van der Waals surface area contributed by atoms with Crippen molar-refractivity contribution in [1.82, 2.24) is 0 Å².